The van der Waals surface area contributed by atoms with Gasteiger partial charge in [0.25, 0.3) is 0 Å². The second-order valence-corrected chi connectivity index (χ2v) is 5.55. The molecule has 0 aromatic heterocycles. The molecule has 1 rings (SSSR count). The van der Waals surface area contributed by atoms with E-state index in [0.717, 1.165) is 0 Å². The van der Waals surface area contributed by atoms with Crippen LogP contribution in [0.3, 0.4) is 0 Å². The third kappa shape index (κ3) is 8.66. The Balaban J connectivity index is 1.98. The van der Waals surface area contributed by atoms with Crippen molar-refractivity contribution in [1.82, 2.24) is 0 Å². The molecule has 1 saturated heterocycles. The molecule has 0 unspecified atom stereocenters. The van der Waals surface area contributed by atoms with Gasteiger partial charge in [-0.3, -0.25) is 4.79 Å². The van der Waals surface area contributed by atoms with Crippen LogP contribution in [-0.2, 0) is 28.5 Å². The highest BCUT2D eigenvalue weighted by Gasteiger charge is 2.43. The van der Waals surface area contributed by atoms with Crippen molar-refractivity contribution in [3.63, 3.8) is 0 Å². The predicted octanol–water partition coefficient (Wildman–Crippen LogP) is -2.67. The maximum atomic E-state index is 10.2. The number of aliphatic hydroxyl groups excluding tert-OH is 4. The monoisotopic (exact) mass is 384 g/mol. The molecule has 1 heterocycles. The molecule has 0 aromatic rings. The van der Waals surface area contributed by atoms with E-state index in [1.165, 1.54) is 0 Å². The Labute approximate surface area is 151 Å². The van der Waals surface area contributed by atoms with E-state index in [4.69, 9.17) is 33.9 Å². The topological polar surface area (TPSA) is 164 Å². The molecule has 11 heteroatoms. The first kappa shape index (κ1) is 23.1. The summed E-state index contributed by atoms with van der Waals surface area (Å²) in [5.41, 5.74) is 0. The van der Waals surface area contributed by atoms with Crippen molar-refractivity contribution in [3.8, 4) is 0 Å². The predicted molar refractivity (Wildman–Crippen MR) is 84.4 cm³/mol. The van der Waals surface area contributed by atoms with Crippen LogP contribution in [0.5, 0.6) is 0 Å². The molecule has 0 radical (unpaired) electrons. The summed E-state index contributed by atoms with van der Waals surface area (Å²) in [5, 5.41) is 46.5. The average molecular weight is 384 g/mol. The maximum absolute atomic E-state index is 10.2. The van der Waals surface area contributed by atoms with Gasteiger partial charge in [-0.1, -0.05) is 0 Å². The summed E-state index contributed by atoms with van der Waals surface area (Å²) in [6, 6.07) is 0. The van der Waals surface area contributed by atoms with Crippen molar-refractivity contribution >= 4 is 5.97 Å². The van der Waals surface area contributed by atoms with Gasteiger partial charge in [0.15, 0.2) is 6.29 Å². The first-order chi connectivity index (χ1) is 12.5. The highest BCUT2D eigenvalue weighted by atomic mass is 16.7. The average Bonchev–Trinajstić information content (AvgIpc) is 2.62. The summed E-state index contributed by atoms with van der Waals surface area (Å²) < 4.78 is 25.9. The molecule has 0 spiro atoms. The molecule has 5 N–H and O–H groups in total. The highest BCUT2D eigenvalue weighted by Crippen LogP contribution is 2.21. The van der Waals surface area contributed by atoms with Crippen LogP contribution in [0.1, 0.15) is 6.42 Å². The molecule has 0 amide bonds. The standard InChI is InChI=1S/C15H28O11/c16-9-10-12(19)13(20)14(21)15(26-10)25-8-7-24-6-5-23-4-3-22-2-1-11(17)18/h10,12-16,19-21H,1-9H2,(H,17,18)/t10-,12+,13+,14-,15-/m1/s1. The molecule has 0 saturated carbocycles. The lowest BCUT2D eigenvalue weighted by Crippen LogP contribution is -2.59. The number of carboxylic acids is 1. The maximum Gasteiger partial charge on any atom is 0.305 e. The van der Waals surface area contributed by atoms with Gasteiger partial charge in [0, 0.05) is 0 Å². The summed E-state index contributed by atoms with van der Waals surface area (Å²) in [5.74, 6) is -0.912. The molecule has 1 aliphatic rings. The minimum absolute atomic E-state index is 0.0441. The number of rotatable bonds is 14. The second-order valence-electron chi connectivity index (χ2n) is 5.55. The first-order valence-electron chi connectivity index (χ1n) is 8.34. The first-order valence-corrected chi connectivity index (χ1v) is 8.34. The molecule has 154 valence electrons. The van der Waals surface area contributed by atoms with Crippen LogP contribution in [0.25, 0.3) is 0 Å². The van der Waals surface area contributed by atoms with Crippen molar-refractivity contribution < 1.29 is 54.0 Å². The fraction of sp³-hybridized carbons (Fsp3) is 0.933. The van der Waals surface area contributed by atoms with Crippen LogP contribution in [0.4, 0.5) is 0 Å². The molecular formula is C15H28O11. The SMILES string of the molecule is O=C(O)CCOCCOCCOCCO[C@@H]1O[C@H](CO)[C@H](O)[C@H](O)[C@H]1O. The number of carboxylic acid groups (broad SMARTS) is 1. The van der Waals surface area contributed by atoms with Gasteiger partial charge in [0.2, 0.25) is 0 Å². The molecule has 26 heavy (non-hydrogen) atoms. The zero-order valence-corrected chi connectivity index (χ0v) is 14.4. The lowest BCUT2D eigenvalue weighted by molar-refractivity contribution is -0.302. The van der Waals surface area contributed by atoms with Crippen LogP contribution < -0.4 is 0 Å². The lowest BCUT2D eigenvalue weighted by atomic mass is 9.99. The van der Waals surface area contributed by atoms with Crippen molar-refractivity contribution in [1.29, 1.82) is 0 Å². The Bertz CT molecular complexity index is 379. The van der Waals surface area contributed by atoms with Crippen molar-refractivity contribution in [2.24, 2.45) is 0 Å². The van der Waals surface area contributed by atoms with E-state index in [2.05, 4.69) is 0 Å². The third-order valence-electron chi connectivity index (χ3n) is 3.56. The van der Waals surface area contributed by atoms with Crippen molar-refractivity contribution in [2.75, 3.05) is 52.9 Å². The van der Waals surface area contributed by atoms with Gasteiger partial charge in [-0.15, -0.1) is 0 Å². The molecule has 11 nitrogen and oxygen atoms in total. The van der Waals surface area contributed by atoms with E-state index in [9.17, 15) is 20.1 Å². The molecule has 0 aromatic carbocycles. The Morgan fingerprint density at radius 2 is 1.35 bits per heavy atom. The minimum atomic E-state index is -1.47. The molecule has 1 aliphatic heterocycles. The van der Waals surface area contributed by atoms with E-state index >= 15 is 0 Å². The molecule has 5 atom stereocenters. The van der Waals surface area contributed by atoms with Gasteiger partial charge < -0.3 is 49.2 Å². The van der Waals surface area contributed by atoms with Crippen LogP contribution in [0.15, 0.2) is 0 Å². The van der Waals surface area contributed by atoms with E-state index in [0.29, 0.717) is 26.4 Å². The minimum Gasteiger partial charge on any atom is -0.481 e. The molecular weight excluding hydrogens is 356 g/mol. The van der Waals surface area contributed by atoms with Gasteiger partial charge in [0.05, 0.1) is 59.3 Å². The Hall–Kier alpha value is -0.890. The molecule has 0 aliphatic carbocycles. The number of aliphatic carboxylic acids is 1. The zero-order valence-electron chi connectivity index (χ0n) is 14.4. The van der Waals surface area contributed by atoms with Crippen LogP contribution >= 0.6 is 0 Å². The van der Waals surface area contributed by atoms with Gasteiger partial charge in [-0.05, 0) is 0 Å². The second kappa shape index (κ2) is 13.3. The smallest absolute Gasteiger partial charge is 0.305 e. The number of aliphatic hydroxyl groups is 4. The Kier molecular flexibility index (Phi) is 11.8. The Morgan fingerprint density at radius 3 is 1.88 bits per heavy atom. The van der Waals surface area contributed by atoms with E-state index in [1.807, 2.05) is 0 Å². The largest absolute Gasteiger partial charge is 0.481 e. The van der Waals surface area contributed by atoms with Gasteiger partial charge in [-0.25, -0.2) is 0 Å². The number of hydrogen-bond acceptors (Lipinski definition) is 10. The Morgan fingerprint density at radius 1 is 0.808 bits per heavy atom. The van der Waals surface area contributed by atoms with Crippen LogP contribution in [0, 0.1) is 0 Å². The van der Waals surface area contributed by atoms with E-state index < -0.39 is 43.3 Å². The van der Waals surface area contributed by atoms with Crippen molar-refractivity contribution in [2.45, 2.75) is 37.1 Å². The number of carbonyl (C=O) groups is 1. The van der Waals surface area contributed by atoms with E-state index in [1.54, 1.807) is 0 Å². The lowest BCUT2D eigenvalue weighted by Gasteiger charge is -2.39. The third-order valence-corrected chi connectivity index (χ3v) is 3.56. The fourth-order valence-corrected chi connectivity index (χ4v) is 2.13. The summed E-state index contributed by atoms with van der Waals surface area (Å²) in [4.78, 5) is 10.2. The highest BCUT2D eigenvalue weighted by molar-refractivity contribution is 5.66. The summed E-state index contributed by atoms with van der Waals surface area (Å²) in [6.07, 6.45) is -6.55. The number of ether oxygens (including phenoxy) is 5. The normalized spacial score (nSPS) is 29.0. The fourth-order valence-electron chi connectivity index (χ4n) is 2.13. The summed E-state index contributed by atoms with van der Waals surface area (Å²) in [6.45, 7) is 1.13. The van der Waals surface area contributed by atoms with E-state index in [-0.39, 0.29) is 26.2 Å². The van der Waals surface area contributed by atoms with Gasteiger partial charge in [-0.2, -0.15) is 0 Å². The summed E-state index contributed by atoms with van der Waals surface area (Å²) in [7, 11) is 0. The van der Waals surface area contributed by atoms with Gasteiger partial charge >= 0.3 is 5.97 Å². The van der Waals surface area contributed by atoms with Crippen LogP contribution in [0.2, 0.25) is 0 Å². The summed E-state index contributed by atoms with van der Waals surface area (Å²) >= 11 is 0. The number of hydrogen-bond donors (Lipinski definition) is 5. The van der Waals surface area contributed by atoms with Crippen molar-refractivity contribution in [3.05, 3.63) is 0 Å². The van der Waals surface area contributed by atoms with Gasteiger partial charge in [0.1, 0.15) is 24.4 Å². The quantitative estimate of drug-likeness (QED) is 0.198. The van der Waals surface area contributed by atoms with Crippen LogP contribution in [-0.4, -0.2) is 115 Å². The zero-order chi connectivity index (χ0) is 19.4. The molecule has 1 fully saturated rings. The molecule has 0 bridgehead atoms.